The summed E-state index contributed by atoms with van der Waals surface area (Å²) in [6.07, 6.45) is 4.73. The first-order valence-electron chi connectivity index (χ1n) is 10.7. The van der Waals surface area contributed by atoms with Crippen molar-refractivity contribution in [2.45, 2.75) is 38.1 Å². The Morgan fingerprint density at radius 1 is 1.22 bits per heavy atom. The number of benzene rings is 1. The Labute approximate surface area is 190 Å². The first kappa shape index (κ1) is 21.1. The molecule has 5 rings (SSSR count). The lowest BCUT2D eigenvalue weighted by molar-refractivity contribution is 0.102. The van der Waals surface area contributed by atoms with Gasteiger partial charge in [0.25, 0.3) is 5.91 Å². The minimum Gasteiger partial charge on any atom is -0.497 e. The van der Waals surface area contributed by atoms with E-state index in [1.807, 2.05) is 24.3 Å². The first-order valence-corrected chi connectivity index (χ1v) is 13.3. The topological polar surface area (TPSA) is 103 Å². The molecule has 0 bridgehead atoms. The summed E-state index contributed by atoms with van der Waals surface area (Å²) in [5.74, 6) is 0.531. The molecule has 1 unspecified atom stereocenters. The average molecular weight is 473 g/mol. The van der Waals surface area contributed by atoms with E-state index in [4.69, 9.17) is 4.74 Å². The fourth-order valence-corrected chi connectivity index (χ4v) is 7.03. The van der Waals surface area contributed by atoms with Gasteiger partial charge in [0.2, 0.25) is 0 Å². The molecule has 3 heterocycles. The van der Waals surface area contributed by atoms with E-state index in [2.05, 4.69) is 15.4 Å². The molecule has 1 amide bonds. The summed E-state index contributed by atoms with van der Waals surface area (Å²) in [5, 5.41) is 8.02. The van der Waals surface area contributed by atoms with Gasteiger partial charge in [0.1, 0.15) is 5.75 Å². The van der Waals surface area contributed by atoms with Crippen molar-refractivity contribution < 1.29 is 17.9 Å². The smallest absolute Gasteiger partial charge is 0.277 e. The molecule has 2 aliphatic rings. The maximum Gasteiger partial charge on any atom is 0.277 e. The number of rotatable bonds is 5. The van der Waals surface area contributed by atoms with Gasteiger partial charge in [-0.15, -0.1) is 11.3 Å². The van der Waals surface area contributed by atoms with Crippen molar-refractivity contribution in [3.05, 3.63) is 46.6 Å². The highest BCUT2D eigenvalue weighted by Gasteiger charge is 2.32. The number of amides is 1. The van der Waals surface area contributed by atoms with Crippen molar-refractivity contribution in [2.75, 3.05) is 23.9 Å². The molecule has 0 radical (unpaired) electrons. The van der Waals surface area contributed by atoms with Crippen molar-refractivity contribution in [3.63, 3.8) is 0 Å². The predicted octanol–water partition coefficient (Wildman–Crippen LogP) is 3.51. The SMILES string of the molecule is COc1ccc(-c2cc(C(=O)Nc3nc4c(s3)CCCC4)nn2C2CCS(=O)(=O)C2)cc1. The van der Waals surface area contributed by atoms with E-state index in [1.54, 1.807) is 17.9 Å². The number of hydrogen-bond acceptors (Lipinski definition) is 7. The summed E-state index contributed by atoms with van der Waals surface area (Å²) in [5.41, 5.74) is 2.87. The van der Waals surface area contributed by atoms with E-state index >= 15 is 0 Å². The van der Waals surface area contributed by atoms with Crippen LogP contribution in [0.3, 0.4) is 0 Å². The second-order valence-electron chi connectivity index (χ2n) is 8.19. The Kier molecular flexibility index (Phi) is 5.50. The second kappa shape index (κ2) is 8.32. The van der Waals surface area contributed by atoms with Crippen LogP contribution in [0.5, 0.6) is 5.75 Å². The van der Waals surface area contributed by atoms with E-state index in [-0.39, 0.29) is 29.1 Å². The quantitative estimate of drug-likeness (QED) is 0.610. The van der Waals surface area contributed by atoms with Gasteiger partial charge in [0.05, 0.1) is 36.0 Å². The van der Waals surface area contributed by atoms with E-state index in [0.29, 0.717) is 23.0 Å². The molecule has 32 heavy (non-hydrogen) atoms. The number of aromatic nitrogens is 3. The van der Waals surface area contributed by atoms with Gasteiger partial charge in [0.15, 0.2) is 20.7 Å². The van der Waals surface area contributed by atoms with Gasteiger partial charge in [-0.05, 0) is 62.4 Å². The van der Waals surface area contributed by atoms with Gasteiger partial charge < -0.3 is 4.74 Å². The zero-order chi connectivity index (χ0) is 22.3. The number of fused-ring (bicyclic) bond motifs is 1. The molecule has 1 saturated heterocycles. The minimum absolute atomic E-state index is 0.0259. The van der Waals surface area contributed by atoms with Crippen LogP contribution in [0.15, 0.2) is 30.3 Å². The first-order chi connectivity index (χ1) is 15.4. The molecular formula is C22H24N4O4S2. The zero-order valence-corrected chi connectivity index (χ0v) is 19.3. The van der Waals surface area contributed by atoms with Crippen molar-refractivity contribution >= 4 is 32.2 Å². The lowest BCUT2D eigenvalue weighted by Gasteiger charge is -2.13. The van der Waals surface area contributed by atoms with Gasteiger partial charge in [-0.25, -0.2) is 13.4 Å². The maximum atomic E-state index is 13.0. The summed E-state index contributed by atoms with van der Waals surface area (Å²) in [6, 6.07) is 8.84. The van der Waals surface area contributed by atoms with Gasteiger partial charge in [-0.2, -0.15) is 5.10 Å². The molecule has 3 aromatic rings. The third-order valence-electron chi connectivity index (χ3n) is 5.97. The number of hydrogen-bond donors (Lipinski definition) is 1. The Morgan fingerprint density at radius 2 is 2.00 bits per heavy atom. The number of anilines is 1. The van der Waals surface area contributed by atoms with E-state index < -0.39 is 9.84 Å². The Hall–Kier alpha value is -2.72. The largest absolute Gasteiger partial charge is 0.497 e. The number of carbonyl (C=O) groups is 1. The van der Waals surface area contributed by atoms with Gasteiger partial charge in [-0.3, -0.25) is 14.8 Å². The average Bonchev–Trinajstić information content (AvgIpc) is 3.49. The van der Waals surface area contributed by atoms with Gasteiger partial charge in [-0.1, -0.05) is 0 Å². The maximum absolute atomic E-state index is 13.0. The van der Waals surface area contributed by atoms with E-state index in [0.717, 1.165) is 36.9 Å². The Bertz CT molecular complexity index is 1240. The molecule has 10 heteroatoms. The standard InChI is InChI=1S/C22H24N4O4S2/c1-30-16-8-6-14(7-9-16)19-12-18(25-26(19)15-10-11-32(28,29)13-15)21(27)24-22-23-17-4-2-3-5-20(17)31-22/h6-9,12,15H,2-5,10-11,13H2,1H3,(H,23,24,27). The number of nitrogens with one attached hydrogen (secondary N) is 1. The highest BCUT2D eigenvalue weighted by Crippen LogP contribution is 2.32. The van der Waals surface area contributed by atoms with Crippen LogP contribution in [0, 0.1) is 0 Å². The number of ether oxygens (including phenoxy) is 1. The van der Waals surface area contributed by atoms with E-state index in [9.17, 15) is 13.2 Å². The number of methoxy groups -OCH3 is 1. The lowest BCUT2D eigenvalue weighted by Crippen LogP contribution is -2.16. The van der Waals surface area contributed by atoms with Crippen LogP contribution < -0.4 is 10.1 Å². The molecule has 2 aromatic heterocycles. The van der Waals surface area contributed by atoms with Crippen LogP contribution in [-0.4, -0.2) is 47.7 Å². The number of aryl methyl sites for hydroxylation is 2. The van der Waals surface area contributed by atoms with Crippen molar-refractivity contribution in [1.82, 2.24) is 14.8 Å². The monoisotopic (exact) mass is 472 g/mol. The summed E-state index contributed by atoms with van der Waals surface area (Å²) in [4.78, 5) is 18.8. The number of thiazole rings is 1. The molecule has 1 N–H and O–H groups in total. The Morgan fingerprint density at radius 3 is 2.69 bits per heavy atom. The molecule has 0 saturated carbocycles. The molecule has 1 fully saturated rings. The molecular weight excluding hydrogens is 448 g/mol. The van der Waals surface area contributed by atoms with Crippen molar-refractivity contribution in [3.8, 4) is 17.0 Å². The van der Waals surface area contributed by atoms with Crippen molar-refractivity contribution in [1.29, 1.82) is 0 Å². The van der Waals surface area contributed by atoms with Gasteiger partial charge >= 0.3 is 0 Å². The summed E-state index contributed by atoms with van der Waals surface area (Å²) < 4.78 is 31.1. The van der Waals surface area contributed by atoms with Crippen molar-refractivity contribution in [2.24, 2.45) is 0 Å². The summed E-state index contributed by atoms with van der Waals surface area (Å²) >= 11 is 1.52. The van der Waals surface area contributed by atoms with E-state index in [1.165, 1.54) is 16.2 Å². The predicted molar refractivity (Wildman–Crippen MR) is 123 cm³/mol. The van der Waals surface area contributed by atoms with Crippen LogP contribution in [0.1, 0.15) is 46.4 Å². The molecule has 8 nitrogen and oxygen atoms in total. The Balaban J connectivity index is 1.46. The third kappa shape index (κ3) is 4.16. The molecule has 1 aromatic carbocycles. The fourth-order valence-electron chi connectivity index (χ4n) is 4.30. The normalized spacial score (nSPS) is 19.5. The number of sulfone groups is 1. The second-order valence-corrected chi connectivity index (χ2v) is 11.5. The minimum atomic E-state index is -3.10. The molecule has 1 aliphatic heterocycles. The zero-order valence-electron chi connectivity index (χ0n) is 17.7. The van der Waals surface area contributed by atoms with Crippen LogP contribution in [0.2, 0.25) is 0 Å². The van der Waals surface area contributed by atoms with Crippen LogP contribution in [0.4, 0.5) is 5.13 Å². The fraction of sp³-hybridized carbons (Fsp3) is 0.409. The van der Waals surface area contributed by atoms with Crippen LogP contribution in [-0.2, 0) is 22.7 Å². The third-order valence-corrected chi connectivity index (χ3v) is 8.80. The van der Waals surface area contributed by atoms with Crippen LogP contribution >= 0.6 is 11.3 Å². The molecule has 1 aliphatic carbocycles. The molecule has 1 atom stereocenters. The highest BCUT2D eigenvalue weighted by molar-refractivity contribution is 7.91. The number of carbonyl (C=O) groups excluding carboxylic acids is 1. The molecule has 168 valence electrons. The lowest BCUT2D eigenvalue weighted by atomic mass is 10.0. The summed E-state index contributed by atoms with van der Waals surface area (Å²) in [6.45, 7) is 0. The molecule has 0 spiro atoms. The summed E-state index contributed by atoms with van der Waals surface area (Å²) in [7, 11) is -1.51. The highest BCUT2D eigenvalue weighted by atomic mass is 32.2. The van der Waals surface area contributed by atoms with Crippen LogP contribution in [0.25, 0.3) is 11.3 Å². The van der Waals surface area contributed by atoms with Gasteiger partial charge in [0, 0.05) is 10.4 Å². The number of nitrogens with zero attached hydrogens (tertiary/aromatic N) is 3.